The van der Waals surface area contributed by atoms with Gasteiger partial charge in [0.05, 0.1) is 18.5 Å². The fraction of sp³-hybridized carbons (Fsp3) is 0.111. The molecule has 1 heterocycles. The minimum absolute atomic E-state index is 0.357. The lowest BCUT2D eigenvalue weighted by molar-refractivity contribution is 0.412. The van der Waals surface area contributed by atoms with Gasteiger partial charge in [0.15, 0.2) is 0 Å². The van der Waals surface area contributed by atoms with Gasteiger partial charge in [0.2, 0.25) is 0 Å². The average Bonchev–Trinajstić information content (AvgIpc) is 2.54. The highest BCUT2D eigenvalue weighted by Crippen LogP contribution is 2.24. The molecule has 0 radical (unpaired) electrons. The van der Waals surface area contributed by atoms with E-state index in [1.165, 1.54) is 4.57 Å². The first-order valence-electron chi connectivity index (χ1n) is 7.10. The highest BCUT2D eigenvalue weighted by Gasteiger charge is 2.12. The highest BCUT2D eigenvalue weighted by molar-refractivity contribution is 6.30. The zero-order valence-corrected chi connectivity index (χ0v) is 13.5. The number of halogens is 1. The van der Waals surface area contributed by atoms with Crippen LogP contribution in [0.2, 0.25) is 5.02 Å². The van der Waals surface area contributed by atoms with E-state index < -0.39 is 0 Å². The Morgan fingerprint density at radius 2 is 1.87 bits per heavy atom. The lowest BCUT2D eigenvalue weighted by atomic mass is 10.1. The molecule has 0 amide bonds. The summed E-state index contributed by atoms with van der Waals surface area (Å²) in [4.78, 5) is 16.7. The lowest BCUT2D eigenvalue weighted by Gasteiger charge is -2.14. The molecule has 0 bridgehead atoms. The fourth-order valence-corrected chi connectivity index (χ4v) is 2.69. The van der Waals surface area contributed by atoms with E-state index in [4.69, 9.17) is 16.3 Å². The fourth-order valence-electron chi connectivity index (χ4n) is 2.50. The number of aryl methyl sites for hydroxylation is 1. The maximum absolute atomic E-state index is 12.6. The van der Waals surface area contributed by atoms with Crippen LogP contribution in [0.3, 0.4) is 0 Å². The Balaban J connectivity index is 2.17. The van der Waals surface area contributed by atoms with Crippen molar-refractivity contribution in [3.05, 3.63) is 75.8 Å². The van der Waals surface area contributed by atoms with Crippen LogP contribution in [0.5, 0.6) is 5.75 Å². The molecule has 0 aliphatic carbocycles. The minimum Gasteiger partial charge on any atom is -0.495 e. The highest BCUT2D eigenvalue weighted by atomic mass is 35.5. The maximum Gasteiger partial charge on any atom is 0.353 e. The summed E-state index contributed by atoms with van der Waals surface area (Å²) in [6, 6.07) is 16.5. The van der Waals surface area contributed by atoms with E-state index in [9.17, 15) is 4.79 Å². The van der Waals surface area contributed by atoms with Gasteiger partial charge in [0, 0.05) is 16.3 Å². The molecule has 0 fully saturated rings. The standard InChI is InChI=1S/C18H15ClN2O2/c1-12-10-15(13-6-5-7-14(19)11-13)20-18(22)21(12)16-8-3-4-9-17(16)23-2/h3-11H,1-2H3. The molecule has 0 aliphatic heterocycles. The summed E-state index contributed by atoms with van der Waals surface area (Å²) in [7, 11) is 1.58. The van der Waals surface area contributed by atoms with E-state index in [-0.39, 0.29) is 5.69 Å². The van der Waals surface area contributed by atoms with E-state index in [0.29, 0.717) is 22.2 Å². The van der Waals surface area contributed by atoms with Crippen molar-refractivity contribution in [3.8, 4) is 22.7 Å². The Morgan fingerprint density at radius 1 is 1.09 bits per heavy atom. The Kier molecular flexibility index (Phi) is 4.17. The SMILES string of the molecule is COc1ccccc1-n1c(C)cc(-c2cccc(Cl)c2)nc1=O. The van der Waals surface area contributed by atoms with Gasteiger partial charge in [-0.05, 0) is 37.3 Å². The molecule has 2 aromatic carbocycles. The summed E-state index contributed by atoms with van der Waals surface area (Å²) in [6.45, 7) is 1.86. The molecular weight excluding hydrogens is 312 g/mol. The monoisotopic (exact) mass is 326 g/mol. The van der Waals surface area contributed by atoms with Crippen LogP contribution < -0.4 is 10.4 Å². The van der Waals surface area contributed by atoms with Crippen LogP contribution in [0.15, 0.2) is 59.4 Å². The van der Waals surface area contributed by atoms with Crippen LogP contribution in [0.25, 0.3) is 16.9 Å². The molecule has 0 spiro atoms. The van der Waals surface area contributed by atoms with Crippen LogP contribution >= 0.6 is 11.6 Å². The van der Waals surface area contributed by atoms with Gasteiger partial charge in [-0.1, -0.05) is 35.9 Å². The van der Waals surface area contributed by atoms with Gasteiger partial charge in [-0.15, -0.1) is 0 Å². The lowest BCUT2D eigenvalue weighted by Crippen LogP contribution is -2.24. The molecule has 0 aliphatic rings. The van der Waals surface area contributed by atoms with Gasteiger partial charge < -0.3 is 4.74 Å². The second kappa shape index (κ2) is 6.26. The van der Waals surface area contributed by atoms with Gasteiger partial charge >= 0.3 is 5.69 Å². The Bertz CT molecular complexity index is 919. The van der Waals surface area contributed by atoms with Gasteiger partial charge in [-0.3, -0.25) is 4.57 Å². The van der Waals surface area contributed by atoms with Crippen LogP contribution in [-0.2, 0) is 0 Å². The second-order valence-electron chi connectivity index (χ2n) is 5.08. The van der Waals surface area contributed by atoms with Crippen LogP contribution in [0.4, 0.5) is 0 Å². The van der Waals surface area contributed by atoms with E-state index in [1.807, 2.05) is 49.4 Å². The van der Waals surface area contributed by atoms with E-state index in [1.54, 1.807) is 19.2 Å². The molecule has 116 valence electrons. The number of methoxy groups -OCH3 is 1. The molecular formula is C18H15ClN2O2. The van der Waals surface area contributed by atoms with Crippen molar-refractivity contribution in [1.82, 2.24) is 9.55 Å². The number of ether oxygens (including phenoxy) is 1. The maximum atomic E-state index is 12.6. The van der Waals surface area contributed by atoms with E-state index in [2.05, 4.69) is 4.98 Å². The second-order valence-corrected chi connectivity index (χ2v) is 5.52. The third kappa shape index (κ3) is 2.98. The van der Waals surface area contributed by atoms with Crippen LogP contribution in [0.1, 0.15) is 5.69 Å². The van der Waals surface area contributed by atoms with E-state index in [0.717, 1.165) is 11.3 Å². The van der Waals surface area contributed by atoms with Crippen LogP contribution in [0, 0.1) is 6.92 Å². The topological polar surface area (TPSA) is 44.1 Å². The summed E-state index contributed by atoms with van der Waals surface area (Å²) in [5.74, 6) is 0.620. The van der Waals surface area contributed by atoms with E-state index >= 15 is 0 Å². The van der Waals surface area contributed by atoms with Gasteiger partial charge in [0.1, 0.15) is 5.75 Å². The van der Waals surface area contributed by atoms with Gasteiger partial charge in [-0.2, -0.15) is 4.98 Å². The van der Waals surface area contributed by atoms with Crippen molar-refractivity contribution in [2.24, 2.45) is 0 Å². The molecule has 0 atom stereocenters. The number of benzene rings is 2. The van der Waals surface area contributed by atoms with Gasteiger partial charge in [0.25, 0.3) is 0 Å². The predicted octanol–water partition coefficient (Wildman–Crippen LogP) is 3.87. The first-order chi connectivity index (χ1) is 11.1. The third-order valence-electron chi connectivity index (χ3n) is 3.55. The van der Waals surface area contributed by atoms with Crippen molar-refractivity contribution in [1.29, 1.82) is 0 Å². The number of nitrogens with zero attached hydrogens (tertiary/aromatic N) is 2. The minimum atomic E-state index is -0.357. The Morgan fingerprint density at radius 3 is 2.57 bits per heavy atom. The zero-order valence-electron chi connectivity index (χ0n) is 12.8. The molecule has 0 saturated carbocycles. The molecule has 4 nitrogen and oxygen atoms in total. The predicted molar refractivity (Wildman–Crippen MR) is 91.6 cm³/mol. The number of para-hydroxylation sites is 2. The van der Waals surface area contributed by atoms with Crippen molar-refractivity contribution in [2.45, 2.75) is 6.92 Å². The molecule has 3 rings (SSSR count). The number of aromatic nitrogens is 2. The van der Waals surface area contributed by atoms with Crippen molar-refractivity contribution in [2.75, 3.05) is 7.11 Å². The normalized spacial score (nSPS) is 10.6. The molecule has 0 N–H and O–H groups in total. The largest absolute Gasteiger partial charge is 0.495 e. The van der Waals surface area contributed by atoms with Crippen LogP contribution in [-0.4, -0.2) is 16.7 Å². The molecule has 1 aromatic heterocycles. The molecule has 5 heteroatoms. The number of hydrogen-bond acceptors (Lipinski definition) is 3. The summed E-state index contributed by atoms with van der Waals surface area (Å²) in [5, 5.41) is 0.607. The quantitative estimate of drug-likeness (QED) is 0.734. The Hall–Kier alpha value is -2.59. The molecule has 23 heavy (non-hydrogen) atoms. The summed E-state index contributed by atoms with van der Waals surface area (Å²) < 4.78 is 6.87. The first kappa shape index (κ1) is 15.3. The summed E-state index contributed by atoms with van der Waals surface area (Å²) >= 11 is 6.01. The number of hydrogen-bond donors (Lipinski definition) is 0. The summed E-state index contributed by atoms with van der Waals surface area (Å²) in [5.41, 5.74) is 2.49. The third-order valence-corrected chi connectivity index (χ3v) is 3.79. The first-order valence-corrected chi connectivity index (χ1v) is 7.48. The van der Waals surface area contributed by atoms with Gasteiger partial charge in [-0.25, -0.2) is 4.79 Å². The zero-order chi connectivity index (χ0) is 16.4. The molecule has 3 aromatic rings. The van der Waals surface area contributed by atoms with Crippen molar-refractivity contribution < 1.29 is 4.74 Å². The summed E-state index contributed by atoms with van der Waals surface area (Å²) in [6.07, 6.45) is 0. The van der Waals surface area contributed by atoms with Crippen molar-refractivity contribution in [3.63, 3.8) is 0 Å². The van der Waals surface area contributed by atoms with Crippen molar-refractivity contribution >= 4 is 11.6 Å². The average molecular weight is 327 g/mol. The smallest absolute Gasteiger partial charge is 0.353 e. The Labute approximate surface area is 139 Å². The number of rotatable bonds is 3. The molecule has 0 unspecified atom stereocenters. The molecule has 0 saturated heterocycles.